The molecule has 5 rings (SSSR count). The molecule has 0 radical (unpaired) electrons. The van der Waals surface area contributed by atoms with Crippen LogP contribution in [0.1, 0.15) is 51.6 Å². The van der Waals surface area contributed by atoms with E-state index in [-0.39, 0.29) is 11.9 Å². The maximum absolute atomic E-state index is 13.1. The summed E-state index contributed by atoms with van der Waals surface area (Å²) in [5.74, 6) is -0.0305. The first-order chi connectivity index (χ1) is 15.6. The number of ether oxygens (including phenoxy) is 1. The summed E-state index contributed by atoms with van der Waals surface area (Å²) >= 11 is 0. The van der Waals surface area contributed by atoms with Crippen molar-refractivity contribution in [2.24, 2.45) is 0 Å². The molecule has 2 aliphatic rings. The lowest BCUT2D eigenvalue weighted by Gasteiger charge is -2.29. The summed E-state index contributed by atoms with van der Waals surface area (Å²) in [6.45, 7) is 7.39. The van der Waals surface area contributed by atoms with Gasteiger partial charge in [-0.05, 0) is 74.6 Å². The van der Waals surface area contributed by atoms with Crippen LogP contribution in [0.2, 0.25) is 0 Å². The minimum absolute atomic E-state index is 0.0158. The summed E-state index contributed by atoms with van der Waals surface area (Å²) in [7, 11) is 0. The van der Waals surface area contributed by atoms with E-state index in [1.165, 1.54) is 16.8 Å². The van der Waals surface area contributed by atoms with Gasteiger partial charge >= 0.3 is 0 Å². The zero-order valence-corrected chi connectivity index (χ0v) is 18.8. The molecule has 1 aliphatic heterocycles. The van der Waals surface area contributed by atoms with Gasteiger partial charge in [-0.15, -0.1) is 0 Å². The van der Waals surface area contributed by atoms with Gasteiger partial charge in [0.15, 0.2) is 0 Å². The summed E-state index contributed by atoms with van der Waals surface area (Å²) in [4.78, 5) is 15.4. The van der Waals surface area contributed by atoms with Crippen molar-refractivity contribution < 1.29 is 9.53 Å². The van der Waals surface area contributed by atoms with Crippen molar-refractivity contribution in [1.82, 2.24) is 15.1 Å². The Balaban J connectivity index is 1.36. The molecule has 6 heteroatoms. The molecular formula is C26H30N4O2. The van der Waals surface area contributed by atoms with E-state index in [1.54, 1.807) is 0 Å². The van der Waals surface area contributed by atoms with Gasteiger partial charge in [-0.2, -0.15) is 5.10 Å². The van der Waals surface area contributed by atoms with E-state index in [1.807, 2.05) is 29.1 Å². The average molecular weight is 431 g/mol. The van der Waals surface area contributed by atoms with Crippen LogP contribution in [-0.2, 0) is 11.2 Å². The molecule has 1 atom stereocenters. The highest BCUT2D eigenvalue weighted by molar-refractivity contribution is 5.95. The molecule has 0 bridgehead atoms. The highest BCUT2D eigenvalue weighted by Crippen LogP contribution is 2.32. The number of benzene rings is 2. The van der Waals surface area contributed by atoms with E-state index in [9.17, 15) is 4.79 Å². The van der Waals surface area contributed by atoms with Crippen molar-refractivity contribution in [3.8, 4) is 5.69 Å². The van der Waals surface area contributed by atoms with Crippen LogP contribution < -0.4 is 10.2 Å². The number of aromatic nitrogens is 2. The summed E-state index contributed by atoms with van der Waals surface area (Å²) < 4.78 is 7.50. The Morgan fingerprint density at radius 2 is 1.84 bits per heavy atom. The van der Waals surface area contributed by atoms with Crippen LogP contribution in [-0.4, -0.2) is 42.0 Å². The average Bonchev–Trinajstić information content (AvgIpc) is 3.24. The van der Waals surface area contributed by atoms with Crippen LogP contribution in [0.3, 0.4) is 0 Å². The molecule has 32 heavy (non-hydrogen) atoms. The number of morpholine rings is 1. The minimum Gasteiger partial charge on any atom is -0.378 e. The zero-order valence-electron chi connectivity index (χ0n) is 18.8. The van der Waals surface area contributed by atoms with Crippen molar-refractivity contribution in [3.63, 3.8) is 0 Å². The van der Waals surface area contributed by atoms with E-state index in [4.69, 9.17) is 9.84 Å². The monoisotopic (exact) mass is 430 g/mol. The predicted molar refractivity (Wildman–Crippen MR) is 126 cm³/mol. The van der Waals surface area contributed by atoms with Crippen LogP contribution in [0.4, 0.5) is 5.69 Å². The smallest absolute Gasteiger partial charge is 0.251 e. The normalized spacial score (nSPS) is 18.3. The van der Waals surface area contributed by atoms with Gasteiger partial charge < -0.3 is 15.0 Å². The highest BCUT2D eigenvalue weighted by atomic mass is 16.5. The van der Waals surface area contributed by atoms with Crippen LogP contribution in [0.25, 0.3) is 5.69 Å². The number of anilines is 1. The third kappa shape index (κ3) is 4.15. The number of fused-ring (bicyclic) bond motifs is 1. The third-order valence-electron chi connectivity index (χ3n) is 6.42. The van der Waals surface area contributed by atoms with Gasteiger partial charge in [0.1, 0.15) is 0 Å². The van der Waals surface area contributed by atoms with E-state index >= 15 is 0 Å². The summed E-state index contributed by atoms with van der Waals surface area (Å²) in [6.07, 6.45) is 4.87. The van der Waals surface area contributed by atoms with Crippen LogP contribution in [0.5, 0.6) is 0 Å². The Labute approximate surface area is 189 Å². The van der Waals surface area contributed by atoms with Gasteiger partial charge in [-0.25, -0.2) is 4.68 Å². The molecule has 2 heterocycles. The van der Waals surface area contributed by atoms with Gasteiger partial charge in [-0.3, -0.25) is 4.79 Å². The number of amides is 1. The molecule has 0 spiro atoms. The molecule has 0 saturated carbocycles. The Bertz CT molecular complexity index is 1110. The second-order valence-electron chi connectivity index (χ2n) is 8.87. The fraction of sp³-hybridized carbons (Fsp3) is 0.385. The van der Waals surface area contributed by atoms with Gasteiger partial charge in [0.25, 0.3) is 5.91 Å². The number of carbonyl (C=O) groups is 1. The molecule has 6 nitrogen and oxygen atoms in total. The van der Waals surface area contributed by atoms with E-state index in [2.05, 4.69) is 48.3 Å². The second-order valence-corrected chi connectivity index (χ2v) is 8.87. The highest BCUT2D eigenvalue weighted by Gasteiger charge is 2.26. The summed E-state index contributed by atoms with van der Waals surface area (Å²) in [6, 6.07) is 14.4. The fourth-order valence-electron chi connectivity index (χ4n) is 4.91. The van der Waals surface area contributed by atoms with Gasteiger partial charge in [0.2, 0.25) is 0 Å². The number of nitrogens with one attached hydrogen (secondary N) is 1. The Morgan fingerprint density at radius 3 is 2.62 bits per heavy atom. The quantitative estimate of drug-likeness (QED) is 0.676. The number of rotatable bonds is 4. The Hall–Kier alpha value is -3.12. The first-order valence-corrected chi connectivity index (χ1v) is 11.5. The molecule has 2 aromatic carbocycles. The SMILES string of the molecule is Cc1cc(C)cc(-n2ncc3c2CCC[C@H]3NC(=O)c2cccc(N3CCOCC3)c2)c1. The molecule has 1 aliphatic carbocycles. The fourth-order valence-corrected chi connectivity index (χ4v) is 4.91. The van der Waals surface area contributed by atoms with Gasteiger partial charge in [0, 0.05) is 35.6 Å². The largest absolute Gasteiger partial charge is 0.378 e. The van der Waals surface area contributed by atoms with E-state index < -0.39 is 0 Å². The number of nitrogens with zero attached hydrogens (tertiary/aromatic N) is 3. The standard InChI is InChI=1S/C26H30N4O2/c1-18-13-19(2)15-22(14-18)30-25-8-4-7-24(23(25)17-27-30)28-26(31)20-5-3-6-21(16-20)29-9-11-32-12-10-29/h3,5-6,13-17,24H,4,7-12H2,1-2H3,(H,28,31)/t24-/m1/s1. The lowest BCUT2D eigenvalue weighted by atomic mass is 9.92. The van der Waals surface area contributed by atoms with E-state index in [0.29, 0.717) is 5.56 Å². The van der Waals surface area contributed by atoms with Gasteiger partial charge in [-0.1, -0.05) is 12.1 Å². The molecular weight excluding hydrogens is 400 g/mol. The number of hydrogen-bond donors (Lipinski definition) is 1. The summed E-state index contributed by atoms with van der Waals surface area (Å²) in [5.41, 5.74) is 7.65. The maximum atomic E-state index is 13.1. The molecule has 1 saturated heterocycles. The van der Waals surface area contributed by atoms with Crippen molar-refractivity contribution >= 4 is 11.6 Å². The van der Waals surface area contributed by atoms with E-state index in [0.717, 1.165) is 62.5 Å². The number of carbonyl (C=O) groups excluding carboxylic acids is 1. The molecule has 3 aromatic rings. The third-order valence-corrected chi connectivity index (χ3v) is 6.42. The second kappa shape index (κ2) is 8.79. The molecule has 1 aromatic heterocycles. The van der Waals surface area contributed by atoms with Crippen molar-refractivity contribution in [2.45, 2.75) is 39.2 Å². The topological polar surface area (TPSA) is 59.4 Å². The minimum atomic E-state index is -0.0305. The Kier molecular flexibility index (Phi) is 5.70. The lowest BCUT2D eigenvalue weighted by molar-refractivity contribution is 0.0932. The Morgan fingerprint density at radius 1 is 1.06 bits per heavy atom. The van der Waals surface area contributed by atoms with Crippen LogP contribution in [0.15, 0.2) is 48.7 Å². The van der Waals surface area contributed by atoms with Crippen molar-refractivity contribution in [1.29, 1.82) is 0 Å². The first kappa shape index (κ1) is 20.8. The summed E-state index contributed by atoms with van der Waals surface area (Å²) in [5, 5.41) is 7.98. The van der Waals surface area contributed by atoms with Crippen molar-refractivity contribution in [3.05, 3.63) is 76.6 Å². The molecule has 1 N–H and O–H groups in total. The van der Waals surface area contributed by atoms with Crippen LogP contribution >= 0.6 is 0 Å². The number of hydrogen-bond acceptors (Lipinski definition) is 4. The molecule has 1 fully saturated rings. The van der Waals surface area contributed by atoms with Crippen molar-refractivity contribution in [2.75, 3.05) is 31.2 Å². The predicted octanol–water partition coefficient (Wildman–Crippen LogP) is 4.13. The molecule has 1 amide bonds. The molecule has 166 valence electrons. The maximum Gasteiger partial charge on any atom is 0.251 e. The first-order valence-electron chi connectivity index (χ1n) is 11.5. The zero-order chi connectivity index (χ0) is 22.1. The number of aryl methyl sites for hydroxylation is 2. The molecule has 0 unspecified atom stereocenters. The van der Waals surface area contributed by atoms with Crippen LogP contribution in [0, 0.1) is 13.8 Å². The van der Waals surface area contributed by atoms with Gasteiger partial charge in [0.05, 0.1) is 31.1 Å². The lowest BCUT2D eigenvalue weighted by Crippen LogP contribution is -2.36.